The van der Waals surface area contributed by atoms with Crippen molar-refractivity contribution in [2.24, 2.45) is 0 Å². The first-order valence-electron chi connectivity index (χ1n) is 13.4. The molecule has 40 heavy (non-hydrogen) atoms. The number of H-pyrrole nitrogens is 1. The molecule has 0 atom stereocenters. The van der Waals surface area contributed by atoms with Crippen molar-refractivity contribution in [2.75, 3.05) is 31.5 Å². The summed E-state index contributed by atoms with van der Waals surface area (Å²) in [6.07, 6.45) is 2.99. The Morgan fingerprint density at radius 1 is 1.02 bits per heavy atom. The van der Waals surface area contributed by atoms with Crippen LogP contribution in [0.4, 0.5) is 16.6 Å². The molecule has 1 fully saturated rings. The van der Waals surface area contributed by atoms with Crippen LogP contribution in [-0.2, 0) is 16.9 Å². The summed E-state index contributed by atoms with van der Waals surface area (Å²) >= 11 is 0. The fourth-order valence-corrected chi connectivity index (χ4v) is 4.51. The predicted octanol–water partition coefficient (Wildman–Crippen LogP) is 4.44. The number of fused-ring (bicyclic) bond motifs is 1. The third-order valence-electron chi connectivity index (χ3n) is 6.57. The molecule has 210 valence electrons. The minimum absolute atomic E-state index is 0.253. The SMILES string of the molecule is CC(C)(C)OC(=O)N1CCN(Cc2ccnc(Nc3nc4ccc(-c5cc(C(C)(C)O)ncn5)cc4[nH]3)c2)CC1. The van der Waals surface area contributed by atoms with Crippen LogP contribution in [0.1, 0.15) is 45.9 Å². The van der Waals surface area contributed by atoms with Crippen LogP contribution in [0.3, 0.4) is 0 Å². The standard InChI is InChI=1S/C29H36N8O3/c1-28(2,3)40-27(38)37-12-10-36(11-13-37)17-19-8-9-30-25(14-19)35-26-33-21-7-6-20(15-23(21)34-26)22-16-24(29(4,5)39)32-18-31-22/h6-9,14-16,18,39H,10-13,17H2,1-5H3,(H2,30,33,34,35). The molecule has 4 heterocycles. The van der Waals surface area contributed by atoms with Gasteiger partial charge in [-0.2, -0.15) is 0 Å². The predicted molar refractivity (Wildman–Crippen MR) is 153 cm³/mol. The Kier molecular flexibility index (Phi) is 7.43. The monoisotopic (exact) mass is 544 g/mol. The summed E-state index contributed by atoms with van der Waals surface area (Å²) in [7, 11) is 0. The van der Waals surface area contributed by atoms with Gasteiger partial charge in [-0.3, -0.25) is 4.90 Å². The molecule has 0 aliphatic carbocycles. The number of anilines is 2. The van der Waals surface area contributed by atoms with Gasteiger partial charge in [-0.05, 0) is 70.5 Å². The topological polar surface area (TPSA) is 132 Å². The molecule has 1 aliphatic rings. The van der Waals surface area contributed by atoms with Crippen molar-refractivity contribution in [3.05, 3.63) is 60.2 Å². The second-order valence-corrected chi connectivity index (χ2v) is 11.6. The highest BCUT2D eigenvalue weighted by Gasteiger charge is 2.26. The first-order valence-corrected chi connectivity index (χ1v) is 13.4. The fraction of sp³-hybridized carbons (Fsp3) is 0.414. The van der Waals surface area contributed by atoms with Crippen molar-refractivity contribution in [1.29, 1.82) is 0 Å². The molecule has 1 saturated heterocycles. The zero-order valence-corrected chi connectivity index (χ0v) is 23.6. The Morgan fingerprint density at radius 3 is 2.52 bits per heavy atom. The van der Waals surface area contributed by atoms with Gasteiger partial charge in [0, 0.05) is 44.5 Å². The number of imidazole rings is 1. The van der Waals surface area contributed by atoms with E-state index in [0.717, 1.165) is 47.5 Å². The number of piperazine rings is 1. The largest absolute Gasteiger partial charge is 0.444 e. The van der Waals surface area contributed by atoms with E-state index in [9.17, 15) is 9.90 Å². The molecular weight excluding hydrogens is 508 g/mol. The molecule has 0 saturated carbocycles. The van der Waals surface area contributed by atoms with Gasteiger partial charge < -0.3 is 25.0 Å². The number of aromatic nitrogens is 5. The van der Waals surface area contributed by atoms with Crippen molar-refractivity contribution in [3.8, 4) is 11.3 Å². The number of pyridine rings is 1. The van der Waals surface area contributed by atoms with E-state index in [0.29, 0.717) is 30.5 Å². The molecule has 1 aliphatic heterocycles. The fourth-order valence-electron chi connectivity index (χ4n) is 4.51. The normalized spacial score (nSPS) is 14.9. The maximum absolute atomic E-state index is 12.3. The number of hydrogen-bond donors (Lipinski definition) is 3. The van der Waals surface area contributed by atoms with Crippen LogP contribution in [-0.4, -0.2) is 77.7 Å². The van der Waals surface area contributed by atoms with E-state index >= 15 is 0 Å². The molecule has 5 rings (SSSR count). The number of amides is 1. The first-order chi connectivity index (χ1) is 18.9. The summed E-state index contributed by atoms with van der Waals surface area (Å²) in [4.78, 5) is 37.4. The summed E-state index contributed by atoms with van der Waals surface area (Å²) in [5, 5.41) is 13.6. The second-order valence-electron chi connectivity index (χ2n) is 11.6. The molecule has 0 spiro atoms. The highest BCUT2D eigenvalue weighted by Crippen LogP contribution is 2.26. The number of nitrogens with zero attached hydrogens (tertiary/aromatic N) is 6. The van der Waals surface area contributed by atoms with E-state index in [2.05, 4.69) is 35.1 Å². The quantitative estimate of drug-likeness (QED) is 0.322. The van der Waals surface area contributed by atoms with Gasteiger partial charge in [0.15, 0.2) is 0 Å². The summed E-state index contributed by atoms with van der Waals surface area (Å²) < 4.78 is 5.50. The van der Waals surface area contributed by atoms with Gasteiger partial charge >= 0.3 is 6.09 Å². The van der Waals surface area contributed by atoms with Crippen LogP contribution in [0.5, 0.6) is 0 Å². The van der Waals surface area contributed by atoms with E-state index in [1.807, 2.05) is 51.1 Å². The van der Waals surface area contributed by atoms with Crippen LogP contribution < -0.4 is 5.32 Å². The number of aliphatic hydroxyl groups is 1. The van der Waals surface area contributed by atoms with Crippen LogP contribution in [0, 0.1) is 0 Å². The Morgan fingerprint density at radius 2 is 1.80 bits per heavy atom. The minimum Gasteiger partial charge on any atom is -0.444 e. The molecular formula is C29H36N8O3. The van der Waals surface area contributed by atoms with Gasteiger partial charge in [-0.25, -0.2) is 24.7 Å². The lowest BCUT2D eigenvalue weighted by molar-refractivity contribution is 0.0139. The third kappa shape index (κ3) is 6.72. The van der Waals surface area contributed by atoms with Gasteiger partial charge in [-0.15, -0.1) is 0 Å². The van der Waals surface area contributed by atoms with Gasteiger partial charge in [-0.1, -0.05) is 6.07 Å². The number of ether oxygens (including phenoxy) is 1. The minimum atomic E-state index is -1.05. The smallest absolute Gasteiger partial charge is 0.410 e. The molecule has 11 nitrogen and oxygen atoms in total. The number of hydrogen-bond acceptors (Lipinski definition) is 9. The number of carbonyl (C=O) groups is 1. The van der Waals surface area contributed by atoms with E-state index in [4.69, 9.17) is 4.74 Å². The molecule has 3 aromatic heterocycles. The lowest BCUT2D eigenvalue weighted by Crippen LogP contribution is -2.49. The summed E-state index contributed by atoms with van der Waals surface area (Å²) in [5.74, 6) is 1.28. The Balaban J connectivity index is 1.23. The summed E-state index contributed by atoms with van der Waals surface area (Å²) in [6.45, 7) is 12.6. The van der Waals surface area contributed by atoms with Gasteiger partial charge in [0.1, 0.15) is 23.3 Å². The highest BCUT2D eigenvalue weighted by atomic mass is 16.6. The van der Waals surface area contributed by atoms with Crippen molar-refractivity contribution < 1.29 is 14.6 Å². The highest BCUT2D eigenvalue weighted by molar-refractivity contribution is 5.83. The Labute approximate surface area is 233 Å². The van der Waals surface area contributed by atoms with Crippen LogP contribution in [0.25, 0.3) is 22.3 Å². The zero-order chi connectivity index (χ0) is 28.5. The molecule has 0 unspecified atom stereocenters. The molecule has 0 radical (unpaired) electrons. The molecule has 0 bridgehead atoms. The maximum Gasteiger partial charge on any atom is 0.410 e. The molecule has 1 amide bonds. The number of carbonyl (C=O) groups excluding carboxylic acids is 1. The van der Waals surface area contributed by atoms with E-state index in [1.165, 1.54) is 6.33 Å². The summed E-state index contributed by atoms with van der Waals surface area (Å²) in [5.41, 5.74) is 3.40. The molecule has 3 N–H and O–H groups in total. The van der Waals surface area contributed by atoms with Crippen LogP contribution >= 0.6 is 0 Å². The zero-order valence-electron chi connectivity index (χ0n) is 23.6. The Hall–Kier alpha value is -4.09. The van der Waals surface area contributed by atoms with E-state index in [1.54, 1.807) is 31.0 Å². The van der Waals surface area contributed by atoms with Crippen molar-refractivity contribution in [2.45, 2.75) is 52.4 Å². The average Bonchev–Trinajstić information content (AvgIpc) is 3.29. The first kappa shape index (κ1) is 27.5. The van der Waals surface area contributed by atoms with Crippen molar-refractivity contribution >= 4 is 28.9 Å². The number of aromatic amines is 1. The van der Waals surface area contributed by atoms with Gasteiger partial charge in [0.05, 0.1) is 22.4 Å². The second kappa shape index (κ2) is 10.8. The molecule has 4 aromatic rings. The van der Waals surface area contributed by atoms with E-state index < -0.39 is 11.2 Å². The lowest BCUT2D eigenvalue weighted by Gasteiger charge is -2.35. The van der Waals surface area contributed by atoms with Crippen LogP contribution in [0.15, 0.2) is 48.9 Å². The van der Waals surface area contributed by atoms with Crippen molar-refractivity contribution in [1.82, 2.24) is 34.7 Å². The maximum atomic E-state index is 12.3. The van der Waals surface area contributed by atoms with Crippen molar-refractivity contribution in [3.63, 3.8) is 0 Å². The van der Waals surface area contributed by atoms with Gasteiger partial charge in [0.2, 0.25) is 5.95 Å². The van der Waals surface area contributed by atoms with Gasteiger partial charge in [0.25, 0.3) is 0 Å². The molecule has 11 heteroatoms. The summed E-state index contributed by atoms with van der Waals surface area (Å²) in [6, 6.07) is 11.7. The van der Waals surface area contributed by atoms with Crippen LogP contribution in [0.2, 0.25) is 0 Å². The van der Waals surface area contributed by atoms with E-state index in [-0.39, 0.29) is 6.09 Å². The average molecular weight is 545 g/mol. The number of benzene rings is 1. The number of rotatable bonds is 6. The lowest BCUT2D eigenvalue weighted by atomic mass is 10.0. The third-order valence-corrected chi connectivity index (χ3v) is 6.57. The Bertz CT molecular complexity index is 1500. The number of nitrogens with one attached hydrogen (secondary N) is 2. The molecule has 1 aromatic carbocycles.